The van der Waals surface area contributed by atoms with Crippen LogP contribution in [0.4, 0.5) is 0 Å². The first-order valence-electron chi connectivity index (χ1n) is 6.51. The second-order valence-electron chi connectivity index (χ2n) is 4.50. The molecule has 0 aromatic heterocycles. The fourth-order valence-electron chi connectivity index (χ4n) is 1.68. The van der Waals surface area contributed by atoms with Gasteiger partial charge in [0.05, 0.1) is 10.7 Å². The molecule has 0 saturated carbocycles. The number of halogens is 2. The van der Waals surface area contributed by atoms with Crippen LogP contribution < -0.4 is 10.2 Å². The van der Waals surface area contributed by atoms with Gasteiger partial charge in [0, 0.05) is 17.5 Å². The molecule has 0 radical (unpaired) electrons. The minimum Gasteiger partial charge on any atom is -0.488 e. The van der Waals surface area contributed by atoms with Crippen LogP contribution in [0.15, 0.2) is 52.0 Å². The number of nitrogens with one attached hydrogen (secondary N) is 1. The maximum atomic E-state index is 10.7. The van der Waals surface area contributed by atoms with Gasteiger partial charge in [0.25, 0.3) is 0 Å². The van der Waals surface area contributed by atoms with Crippen molar-refractivity contribution < 1.29 is 9.53 Å². The Hall–Kier alpha value is -1.85. The zero-order valence-corrected chi connectivity index (χ0v) is 14.2. The number of nitrogens with zero attached hydrogens (tertiary/aromatic N) is 1. The molecule has 2 aromatic rings. The number of ether oxygens (including phenoxy) is 1. The summed E-state index contributed by atoms with van der Waals surface area (Å²) in [6, 6.07) is 13.1. The van der Waals surface area contributed by atoms with Gasteiger partial charge in [-0.1, -0.05) is 29.8 Å². The molecule has 1 amide bonds. The van der Waals surface area contributed by atoms with E-state index in [2.05, 4.69) is 26.5 Å². The van der Waals surface area contributed by atoms with Crippen molar-refractivity contribution in [2.75, 3.05) is 0 Å². The molecule has 2 rings (SSSR count). The van der Waals surface area contributed by atoms with Crippen LogP contribution >= 0.6 is 27.5 Å². The third kappa shape index (κ3) is 4.86. The molecule has 0 bridgehead atoms. The highest BCUT2D eigenvalue weighted by molar-refractivity contribution is 9.10. The van der Waals surface area contributed by atoms with Gasteiger partial charge in [0.1, 0.15) is 12.4 Å². The summed E-state index contributed by atoms with van der Waals surface area (Å²) in [6.07, 6.45) is 1.56. The van der Waals surface area contributed by atoms with E-state index in [0.717, 1.165) is 15.6 Å². The van der Waals surface area contributed by atoms with Crippen LogP contribution in [0.5, 0.6) is 5.75 Å². The molecule has 0 spiro atoms. The normalized spacial score (nSPS) is 10.7. The van der Waals surface area contributed by atoms with Crippen molar-refractivity contribution in [3.05, 3.63) is 63.1 Å². The van der Waals surface area contributed by atoms with E-state index in [1.165, 1.54) is 6.92 Å². The first kappa shape index (κ1) is 16.5. The second kappa shape index (κ2) is 7.96. The standard InChI is InChI=1S/C16H14BrClN2O2/c1-11(21)20-19-9-12-6-7-16(14(17)8-12)22-10-13-4-2-3-5-15(13)18/h2-9H,10H2,1H3,(H,20,21)/b19-9-. The van der Waals surface area contributed by atoms with Gasteiger partial charge in [-0.2, -0.15) is 5.10 Å². The SMILES string of the molecule is CC(=O)N/N=C\c1ccc(OCc2ccccc2Cl)c(Br)c1. The maximum Gasteiger partial charge on any atom is 0.236 e. The maximum absolute atomic E-state index is 10.7. The molecular weight excluding hydrogens is 368 g/mol. The summed E-state index contributed by atoms with van der Waals surface area (Å²) in [5.74, 6) is 0.492. The quantitative estimate of drug-likeness (QED) is 0.625. The first-order valence-corrected chi connectivity index (χ1v) is 7.69. The predicted molar refractivity (Wildman–Crippen MR) is 91.3 cm³/mol. The van der Waals surface area contributed by atoms with Gasteiger partial charge in [-0.3, -0.25) is 4.79 Å². The van der Waals surface area contributed by atoms with E-state index in [1.54, 1.807) is 6.21 Å². The Kier molecular flexibility index (Phi) is 5.98. The number of hydrazone groups is 1. The van der Waals surface area contributed by atoms with Crippen molar-refractivity contribution in [1.29, 1.82) is 0 Å². The minimum absolute atomic E-state index is 0.213. The fourth-order valence-corrected chi connectivity index (χ4v) is 2.38. The van der Waals surface area contributed by atoms with Crippen molar-refractivity contribution in [3.63, 3.8) is 0 Å². The molecule has 0 saturated heterocycles. The van der Waals surface area contributed by atoms with Crippen LogP contribution in [0.3, 0.4) is 0 Å². The average molecular weight is 382 g/mol. The highest BCUT2D eigenvalue weighted by atomic mass is 79.9. The molecular formula is C16H14BrClN2O2. The summed E-state index contributed by atoms with van der Waals surface area (Å²) in [4.78, 5) is 10.7. The fraction of sp³-hybridized carbons (Fsp3) is 0.125. The molecule has 0 aliphatic carbocycles. The molecule has 0 heterocycles. The topological polar surface area (TPSA) is 50.7 Å². The predicted octanol–water partition coefficient (Wildman–Crippen LogP) is 4.15. The van der Waals surface area contributed by atoms with Crippen LogP contribution in [0, 0.1) is 0 Å². The average Bonchev–Trinajstić information content (AvgIpc) is 2.47. The Labute approximate surface area is 142 Å². The van der Waals surface area contributed by atoms with Gasteiger partial charge in [-0.25, -0.2) is 5.43 Å². The number of rotatable bonds is 5. The van der Waals surface area contributed by atoms with Crippen LogP contribution in [0.25, 0.3) is 0 Å². The molecule has 6 heteroatoms. The molecule has 0 aliphatic heterocycles. The van der Waals surface area contributed by atoms with Gasteiger partial charge in [0.15, 0.2) is 0 Å². The van der Waals surface area contributed by atoms with E-state index in [9.17, 15) is 4.79 Å². The van der Waals surface area contributed by atoms with E-state index in [0.29, 0.717) is 17.4 Å². The Morgan fingerprint density at radius 1 is 1.36 bits per heavy atom. The summed E-state index contributed by atoms with van der Waals surface area (Å²) >= 11 is 9.55. The van der Waals surface area contributed by atoms with Crippen molar-refractivity contribution in [1.82, 2.24) is 5.43 Å². The van der Waals surface area contributed by atoms with Crippen LogP contribution in [-0.4, -0.2) is 12.1 Å². The largest absolute Gasteiger partial charge is 0.488 e. The van der Waals surface area contributed by atoms with Gasteiger partial charge in [-0.15, -0.1) is 0 Å². The summed E-state index contributed by atoms with van der Waals surface area (Å²) in [5, 5.41) is 4.49. The Balaban J connectivity index is 2.02. The number of benzene rings is 2. The van der Waals surface area contributed by atoms with E-state index in [-0.39, 0.29) is 5.91 Å². The lowest BCUT2D eigenvalue weighted by molar-refractivity contribution is -0.118. The van der Waals surface area contributed by atoms with Crippen molar-refractivity contribution in [3.8, 4) is 5.75 Å². The first-order chi connectivity index (χ1) is 10.6. The number of hydrogen-bond donors (Lipinski definition) is 1. The van der Waals surface area contributed by atoms with Crippen LogP contribution in [-0.2, 0) is 11.4 Å². The molecule has 2 aromatic carbocycles. The molecule has 0 unspecified atom stereocenters. The van der Waals surface area contributed by atoms with Crippen molar-refractivity contribution in [2.45, 2.75) is 13.5 Å². The summed E-state index contributed by atoms with van der Waals surface area (Å²) < 4.78 is 6.55. The smallest absolute Gasteiger partial charge is 0.236 e. The summed E-state index contributed by atoms with van der Waals surface area (Å²) in [6.45, 7) is 1.79. The highest BCUT2D eigenvalue weighted by Crippen LogP contribution is 2.27. The Morgan fingerprint density at radius 2 is 2.14 bits per heavy atom. The zero-order chi connectivity index (χ0) is 15.9. The molecule has 4 nitrogen and oxygen atoms in total. The second-order valence-corrected chi connectivity index (χ2v) is 5.76. The third-order valence-corrected chi connectivity index (χ3v) is 3.72. The third-order valence-electron chi connectivity index (χ3n) is 2.73. The van der Waals surface area contributed by atoms with Gasteiger partial charge >= 0.3 is 0 Å². The van der Waals surface area contributed by atoms with E-state index in [1.807, 2.05) is 42.5 Å². The summed E-state index contributed by atoms with van der Waals surface area (Å²) in [5.41, 5.74) is 4.11. The molecule has 0 fully saturated rings. The molecule has 0 atom stereocenters. The van der Waals surface area contributed by atoms with Crippen LogP contribution in [0.2, 0.25) is 5.02 Å². The number of carbonyl (C=O) groups excluding carboxylic acids is 1. The van der Waals surface area contributed by atoms with E-state index >= 15 is 0 Å². The Morgan fingerprint density at radius 3 is 2.82 bits per heavy atom. The molecule has 22 heavy (non-hydrogen) atoms. The number of amides is 1. The molecule has 114 valence electrons. The van der Waals surface area contributed by atoms with Crippen LogP contribution in [0.1, 0.15) is 18.1 Å². The van der Waals surface area contributed by atoms with Crippen molar-refractivity contribution in [2.24, 2.45) is 5.10 Å². The lowest BCUT2D eigenvalue weighted by atomic mass is 10.2. The van der Waals surface area contributed by atoms with Gasteiger partial charge in [0.2, 0.25) is 5.91 Å². The monoisotopic (exact) mass is 380 g/mol. The van der Waals surface area contributed by atoms with E-state index in [4.69, 9.17) is 16.3 Å². The zero-order valence-electron chi connectivity index (χ0n) is 11.8. The minimum atomic E-state index is -0.213. The van der Waals surface area contributed by atoms with E-state index < -0.39 is 0 Å². The highest BCUT2D eigenvalue weighted by Gasteiger charge is 2.04. The number of hydrogen-bond acceptors (Lipinski definition) is 3. The lowest BCUT2D eigenvalue weighted by Gasteiger charge is -2.10. The molecule has 0 aliphatic rings. The lowest BCUT2D eigenvalue weighted by Crippen LogP contribution is -2.12. The summed E-state index contributed by atoms with van der Waals surface area (Å²) in [7, 11) is 0. The van der Waals surface area contributed by atoms with Gasteiger partial charge < -0.3 is 4.74 Å². The molecule has 1 N–H and O–H groups in total. The Bertz CT molecular complexity index is 704. The number of carbonyl (C=O) groups is 1. The van der Waals surface area contributed by atoms with Gasteiger partial charge in [-0.05, 0) is 45.8 Å². The van der Waals surface area contributed by atoms with Crippen molar-refractivity contribution >= 4 is 39.7 Å².